The Morgan fingerprint density at radius 3 is 2.12 bits per heavy atom. The Hall–Kier alpha value is -3.35. The van der Waals surface area contributed by atoms with Crippen molar-refractivity contribution in [3.63, 3.8) is 0 Å². The normalized spacial score (nSPS) is 15.9. The van der Waals surface area contributed by atoms with Crippen molar-refractivity contribution in [2.75, 3.05) is 6.61 Å². The van der Waals surface area contributed by atoms with E-state index in [4.69, 9.17) is 4.74 Å². The van der Waals surface area contributed by atoms with E-state index in [2.05, 4.69) is 22.8 Å². The molecule has 7 heteroatoms. The van der Waals surface area contributed by atoms with Crippen LogP contribution >= 0.6 is 0 Å². The minimum absolute atomic E-state index is 0.0833. The fourth-order valence-electron chi connectivity index (χ4n) is 4.19. The first-order chi connectivity index (χ1) is 15.3. The molecule has 0 saturated heterocycles. The van der Waals surface area contributed by atoms with E-state index >= 15 is 0 Å². The molecule has 2 aliphatic carbocycles. The summed E-state index contributed by atoms with van der Waals surface area (Å²) in [5, 5.41) is 14.5. The number of rotatable bonds is 8. The van der Waals surface area contributed by atoms with E-state index in [0.717, 1.165) is 35.1 Å². The number of amides is 2. The van der Waals surface area contributed by atoms with E-state index in [1.165, 1.54) is 13.8 Å². The van der Waals surface area contributed by atoms with E-state index in [9.17, 15) is 19.5 Å². The van der Waals surface area contributed by atoms with Crippen LogP contribution in [0.5, 0.6) is 0 Å². The van der Waals surface area contributed by atoms with Gasteiger partial charge in [0.15, 0.2) is 0 Å². The predicted octanol–water partition coefficient (Wildman–Crippen LogP) is 3.67. The number of aliphatic carboxylic acids is 1. The van der Waals surface area contributed by atoms with E-state index < -0.39 is 29.6 Å². The SMILES string of the molecule is CC(C)(NC(=O)OCC1c2ccccc2-c2ccccc21)C(=O)NC(CC1CC1)C(=O)O. The van der Waals surface area contributed by atoms with Crippen molar-refractivity contribution in [3.05, 3.63) is 59.7 Å². The Balaban J connectivity index is 1.37. The fraction of sp³-hybridized carbons (Fsp3) is 0.400. The number of benzene rings is 2. The third-order valence-corrected chi connectivity index (χ3v) is 6.20. The molecule has 0 aromatic heterocycles. The minimum atomic E-state index is -1.32. The van der Waals surface area contributed by atoms with Crippen molar-refractivity contribution >= 4 is 18.0 Å². The van der Waals surface area contributed by atoms with Crippen LogP contribution in [0.3, 0.4) is 0 Å². The van der Waals surface area contributed by atoms with Crippen LogP contribution in [-0.4, -0.2) is 41.3 Å². The first-order valence-corrected chi connectivity index (χ1v) is 10.9. The largest absolute Gasteiger partial charge is 0.480 e. The van der Waals surface area contributed by atoms with Crippen LogP contribution in [0.2, 0.25) is 0 Å². The molecule has 0 radical (unpaired) electrons. The van der Waals surface area contributed by atoms with Gasteiger partial charge in [0, 0.05) is 5.92 Å². The molecule has 0 spiro atoms. The first kappa shape index (κ1) is 21.9. The van der Waals surface area contributed by atoms with Crippen LogP contribution in [0.25, 0.3) is 11.1 Å². The highest BCUT2D eigenvalue weighted by molar-refractivity contribution is 5.92. The molecule has 2 aliphatic rings. The Morgan fingerprint density at radius 2 is 1.59 bits per heavy atom. The molecule has 3 N–H and O–H groups in total. The Kier molecular flexibility index (Phi) is 5.91. The number of hydrogen-bond acceptors (Lipinski definition) is 4. The summed E-state index contributed by atoms with van der Waals surface area (Å²) in [5.74, 6) is -1.36. The van der Waals surface area contributed by atoms with Crippen molar-refractivity contribution in [1.82, 2.24) is 10.6 Å². The molecule has 4 rings (SSSR count). The highest BCUT2D eigenvalue weighted by Crippen LogP contribution is 2.44. The summed E-state index contributed by atoms with van der Waals surface area (Å²) in [4.78, 5) is 36.7. The molecular weight excluding hydrogens is 408 g/mol. The number of carbonyl (C=O) groups excluding carboxylic acids is 2. The zero-order valence-electron chi connectivity index (χ0n) is 18.3. The molecule has 2 amide bonds. The average molecular weight is 437 g/mol. The molecule has 0 aliphatic heterocycles. The molecule has 168 valence electrons. The standard InChI is InChI=1S/C25H28N2O5/c1-25(2,23(30)26-21(22(28)29)13-15-11-12-15)27-24(31)32-14-20-18-9-5-3-7-16(18)17-8-4-6-10-19(17)20/h3-10,15,20-21H,11-14H2,1-2H3,(H,26,30)(H,27,31)(H,28,29). The maximum atomic E-state index is 12.7. The molecule has 2 aromatic carbocycles. The van der Waals surface area contributed by atoms with Crippen LogP contribution < -0.4 is 10.6 Å². The van der Waals surface area contributed by atoms with Crippen molar-refractivity contribution in [2.24, 2.45) is 5.92 Å². The van der Waals surface area contributed by atoms with Gasteiger partial charge in [-0.1, -0.05) is 61.4 Å². The van der Waals surface area contributed by atoms with Gasteiger partial charge in [0.05, 0.1) is 0 Å². The number of carboxylic acids is 1. The predicted molar refractivity (Wildman–Crippen MR) is 119 cm³/mol. The number of fused-ring (bicyclic) bond motifs is 3. The minimum Gasteiger partial charge on any atom is -0.480 e. The summed E-state index contributed by atoms with van der Waals surface area (Å²) in [6.07, 6.45) is 1.66. The van der Waals surface area contributed by atoms with Gasteiger partial charge >= 0.3 is 12.1 Å². The van der Waals surface area contributed by atoms with Crippen molar-refractivity contribution in [3.8, 4) is 11.1 Å². The second kappa shape index (κ2) is 8.65. The maximum Gasteiger partial charge on any atom is 0.408 e. The summed E-state index contributed by atoms with van der Waals surface area (Å²) in [6.45, 7) is 3.19. The molecule has 2 aromatic rings. The quantitative estimate of drug-likeness (QED) is 0.586. The molecule has 7 nitrogen and oxygen atoms in total. The number of hydrogen-bond donors (Lipinski definition) is 3. The van der Waals surface area contributed by atoms with Crippen LogP contribution in [0, 0.1) is 5.92 Å². The lowest BCUT2D eigenvalue weighted by Gasteiger charge is -2.27. The lowest BCUT2D eigenvalue weighted by molar-refractivity contribution is -0.143. The Labute approximate surface area is 187 Å². The summed E-state index contributed by atoms with van der Waals surface area (Å²) in [7, 11) is 0. The van der Waals surface area contributed by atoms with Gasteiger partial charge in [0.25, 0.3) is 0 Å². The number of carboxylic acid groups (broad SMARTS) is 1. The number of carbonyl (C=O) groups is 3. The van der Waals surface area contributed by atoms with Gasteiger partial charge in [-0.2, -0.15) is 0 Å². The van der Waals surface area contributed by atoms with Gasteiger partial charge in [0.1, 0.15) is 18.2 Å². The van der Waals surface area contributed by atoms with Crippen LogP contribution in [0.15, 0.2) is 48.5 Å². The van der Waals surface area contributed by atoms with Crippen molar-refractivity contribution in [2.45, 2.75) is 50.6 Å². The van der Waals surface area contributed by atoms with Gasteiger partial charge in [0.2, 0.25) is 5.91 Å². The molecule has 1 unspecified atom stereocenters. The van der Waals surface area contributed by atoms with Gasteiger partial charge in [-0.15, -0.1) is 0 Å². The first-order valence-electron chi connectivity index (χ1n) is 10.9. The van der Waals surface area contributed by atoms with E-state index in [1.54, 1.807) is 0 Å². The molecular formula is C25H28N2O5. The average Bonchev–Trinajstić information content (AvgIpc) is 3.52. The highest BCUT2D eigenvalue weighted by atomic mass is 16.5. The molecule has 1 saturated carbocycles. The summed E-state index contributed by atoms with van der Waals surface area (Å²) in [5.41, 5.74) is 3.14. The van der Waals surface area contributed by atoms with E-state index in [-0.39, 0.29) is 12.5 Å². The number of ether oxygens (including phenoxy) is 1. The summed E-state index contributed by atoms with van der Waals surface area (Å²) >= 11 is 0. The monoisotopic (exact) mass is 436 g/mol. The van der Waals surface area contributed by atoms with Gasteiger partial charge in [-0.3, -0.25) is 4.79 Å². The number of alkyl carbamates (subject to hydrolysis) is 1. The second-order valence-corrected chi connectivity index (χ2v) is 9.12. The zero-order valence-corrected chi connectivity index (χ0v) is 18.3. The third-order valence-electron chi connectivity index (χ3n) is 6.20. The maximum absolute atomic E-state index is 12.7. The third kappa shape index (κ3) is 4.61. The molecule has 0 bridgehead atoms. The highest BCUT2D eigenvalue weighted by Gasteiger charge is 2.36. The number of nitrogens with one attached hydrogen (secondary N) is 2. The summed E-state index contributed by atoms with van der Waals surface area (Å²) < 4.78 is 5.51. The van der Waals surface area contributed by atoms with E-state index in [0.29, 0.717) is 12.3 Å². The van der Waals surface area contributed by atoms with Crippen LogP contribution in [-0.2, 0) is 14.3 Å². The summed E-state index contributed by atoms with van der Waals surface area (Å²) in [6, 6.07) is 15.1. The smallest absolute Gasteiger partial charge is 0.408 e. The van der Waals surface area contributed by atoms with Crippen LogP contribution in [0.1, 0.15) is 50.2 Å². The Morgan fingerprint density at radius 1 is 1.03 bits per heavy atom. The van der Waals surface area contributed by atoms with Crippen molar-refractivity contribution in [1.29, 1.82) is 0 Å². The second-order valence-electron chi connectivity index (χ2n) is 9.12. The van der Waals surface area contributed by atoms with Gasteiger partial charge < -0.3 is 20.5 Å². The van der Waals surface area contributed by atoms with Gasteiger partial charge in [-0.05, 0) is 48.4 Å². The van der Waals surface area contributed by atoms with E-state index in [1.807, 2.05) is 36.4 Å². The van der Waals surface area contributed by atoms with Crippen LogP contribution in [0.4, 0.5) is 4.79 Å². The Bertz CT molecular complexity index is 999. The molecule has 1 fully saturated rings. The van der Waals surface area contributed by atoms with Crippen molar-refractivity contribution < 1.29 is 24.2 Å². The molecule has 32 heavy (non-hydrogen) atoms. The lowest BCUT2D eigenvalue weighted by atomic mass is 9.98. The zero-order chi connectivity index (χ0) is 22.9. The van der Waals surface area contributed by atoms with Gasteiger partial charge in [-0.25, -0.2) is 9.59 Å². The topological polar surface area (TPSA) is 105 Å². The molecule has 1 atom stereocenters. The fourth-order valence-corrected chi connectivity index (χ4v) is 4.19. The molecule has 0 heterocycles. The lowest BCUT2D eigenvalue weighted by Crippen LogP contribution is -2.58.